The molecule has 0 aromatic heterocycles. The first-order valence-electron chi connectivity index (χ1n) is 15.5. The van der Waals surface area contributed by atoms with Crippen LogP contribution in [-0.2, 0) is 0 Å². The number of ether oxygens (including phenoxy) is 2. The van der Waals surface area contributed by atoms with Gasteiger partial charge in [0.2, 0.25) is 0 Å². The minimum atomic E-state index is 0.427. The molecule has 2 aromatic rings. The lowest BCUT2D eigenvalue weighted by Crippen LogP contribution is -2.35. The van der Waals surface area contributed by atoms with Gasteiger partial charge in [-0.3, -0.25) is 0 Å². The van der Waals surface area contributed by atoms with Crippen molar-refractivity contribution in [3.05, 3.63) is 58.7 Å². The van der Waals surface area contributed by atoms with Crippen molar-refractivity contribution in [3.8, 4) is 11.5 Å². The number of unbranched alkanes of at least 4 members (excludes halogenated alkanes) is 8. The van der Waals surface area contributed by atoms with E-state index in [0.717, 1.165) is 37.8 Å². The van der Waals surface area contributed by atoms with Gasteiger partial charge in [0.1, 0.15) is 24.7 Å². The summed E-state index contributed by atoms with van der Waals surface area (Å²) in [5.74, 6) is 2.11. The van der Waals surface area contributed by atoms with Gasteiger partial charge >= 0.3 is 0 Å². The minimum absolute atomic E-state index is 0.427. The number of nitrogens with zero attached hydrogens (tertiary/aromatic N) is 2. The van der Waals surface area contributed by atoms with E-state index < -0.39 is 0 Å². The molecular weight excluding hydrogens is 480 g/mol. The SMILES string of the molecule is Cc1cccc(C)c1OCC(C)N(C)CCCCCCCCCCCN(C)C(C)COc1c(C)cccc1C. The molecular formula is C35H58N2O2. The van der Waals surface area contributed by atoms with Gasteiger partial charge in [0.15, 0.2) is 0 Å². The van der Waals surface area contributed by atoms with Gasteiger partial charge in [-0.05, 0) is 104 Å². The molecule has 39 heavy (non-hydrogen) atoms. The van der Waals surface area contributed by atoms with Gasteiger partial charge in [0.05, 0.1) is 0 Å². The molecule has 0 fully saturated rings. The van der Waals surface area contributed by atoms with Crippen LogP contribution in [0, 0.1) is 27.7 Å². The molecule has 4 heteroatoms. The van der Waals surface area contributed by atoms with Crippen LogP contribution in [0.25, 0.3) is 0 Å². The summed E-state index contributed by atoms with van der Waals surface area (Å²) in [5.41, 5.74) is 4.89. The monoisotopic (exact) mass is 538 g/mol. The van der Waals surface area contributed by atoms with Crippen LogP contribution in [0.1, 0.15) is 93.9 Å². The summed E-state index contributed by atoms with van der Waals surface area (Å²) in [6.45, 7) is 16.8. The maximum atomic E-state index is 6.16. The van der Waals surface area contributed by atoms with E-state index in [2.05, 4.69) is 102 Å². The fourth-order valence-electron chi connectivity index (χ4n) is 5.12. The highest BCUT2D eigenvalue weighted by molar-refractivity contribution is 5.40. The van der Waals surface area contributed by atoms with Crippen LogP contribution < -0.4 is 9.47 Å². The van der Waals surface area contributed by atoms with Gasteiger partial charge in [-0.2, -0.15) is 0 Å². The molecule has 2 atom stereocenters. The summed E-state index contributed by atoms with van der Waals surface area (Å²) in [5, 5.41) is 0. The molecule has 2 aromatic carbocycles. The predicted molar refractivity (Wildman–Crippen MR) is 169 cm³/mol. The molecule has 0 aliphatic heterocycles. The highest BCUT2D eigenvalue weighted by Crippen LogP contribution is 2.24. The summed E-state index contributed by atoms with van der Waals surface area (Å²) in [6, 6.07) is 13.6. The number of para-hydroxylation sites is 2. The van der Waals surface area contributed by atoms with Crippen LogP contribution in [0.2, 0.25) is 0 Å². The molecule has 0 bridgehead atoms. The third-order valence-electron chi connectivity index (χ3n) is 8.28. The number of benzene rings is 2. The number of likely N-dealkylation sites (N-methyl/N-ethyl adjacent to an activating group) is 2. The highest BCUT2D eigenvalue weighted by atomic mass is 16.5. The second-order valence-electron chi connectivity index (χ2n) is 11.9. The van der Waals surface area contributed by atoms with Crippen molar-refractivity contribution in [2.24, 2.45) is 0 Å². The van der Waals surface area contributed by atoms with E-state index in [0.29, 0.717) is 12.1 Å². The Bertz CT molecular complexity index is 828. The largest absolute Gasteiger partial charge is 0.491 e. The quantitative estimate of drug-likeness (QED) is 0.158. The topological polar surface area (TPSA) is 24.9 Å². The molecule has 0 aliphatic rings. The molecule has 2 unspecified atom stereocenters. The van der Waals surface area contributed by atoms with E-state index in [4.69, 9.17) is 9.47 Å². The molecule has 0 N–H and O–H groups in total. The molecule has 0 spiro atoms. The smallest absolute Gasteiger partial charge is 0.125 e. The molecule has 0 aliphatic carbocycles. The lowest BCUT2D eigenvalue weighted by Gasteiger charge is -2.25. The van der Waals surface area contributed by atoms with Crippen LogP contribution in [0.5, 0.6) is 11.5 Å². The van der Waals surface area contributed by atoms with Crippen LogP contribution in [0.4, 0.5) is 0 Å². The van der Waals surface area contributed by atoms with Crippen molar-refractivity contribution in [2.45, 2.75) is 111 Å². The molecule has 0 radical (unpaired) electrons. The van der Waals surface area contributed by atoms with Crippen molar-refractivity contribution < 1.29 is 9.47 Å². The molecule has 4 nitrogen and oxygen atoms in total. The Balaban J connectivity index is 1.43. The lowest BCUT2D eigenvalue weighted by molar-refractivity contribution is 0.169. The maximum Gasteiger partial charge on any atom is 0.125 e. The van der Waals surface area contributed by atoms with Gasteiger partial charge in [0.25, 0.3) is 0 Å². The van der Waals surface area contributed by atoms with Crippen molar-refractivity contribution in [2.75, 3.05) is 40.4 Å². The van der Waals surface area contributed by atoms with E-state index in [1.807, 2.05) is 0 Å². The van der Waals surface area contributed by atoms with Crippen molar-refractivity contribution in [3.63, 3.8) is 0 Å². The Morgan fingerprint density at radius 2 is 0.795 bits per heavy atom. The second-order valence-corrected chi connectivity index (χ2v) is 11.9. The Labute approximate surface area is 241 Å². The predicted octanol–water partition coefficient (Wildman–Crippen LogP) is 8.53. The van der Waals surface area contributed by atoms with Gasteiger partial charge in [-0.25, -0.2) is 0 Å². The fraction of sp³-hybridized carbons (Fsp3) is 0.657. The van der Waals surface area contributed by atoms with Crippen molar-refractivity contribution >= 4 is 0 Å². The maximum absolute atomic E-state index is 6.16. The third-order valence-corrected chi connectivity index (χ3v) is 8.28. The zero-order chi connectivity index (χ0) is 28.6. The molecule has 0 amide bonds. The lowest BCUT2D eigenvalue weighted by atomic mass is 10.1. The van der Waals surface area contributed by atoms with E-state index in [9.17, 15) is 0 Å². The summed E-state index contributed by atoms with van der Waals surface area (Å²) < 4.78 is 12.3. The zero-order valence-corrected chi connectivity index (χ0v) is 26.5. The Morgan fingerprint density at radius 1 is 0.513 bits per heavy atom. The highest BCUT2D eigenvalue weighted by Gasteiger charge is 2.13. The van der Waals surface area contributed by atoms with E-state index in [1.165, 1.54) is 80.0 Å². The van der Waals surface area contributed by atoms with Crippen molar-refractivity contribution in [1.29, 1.82) is 0 Å². The second kappa shape index (κ2) is 18.3. The summed E-state index contributed by atoms with van der Waals surface area (Å²) in [4.78, 5) is 4.89. The fourth-order valence-corrected chi connectivity index (χ4v) is 5.12. The van der Waals surface area contributed by atoms with Crippen LogP contribution >= 0.6 is 0 Å². The molecule has 0 saturated heterocycles. The summed E-state index contributed by atoms with van der Waals surface area (Å²) in [7, 11) is 4.46. The molecule has 0 saturated carbocycles. The first-order chi connectivity index (χ1) is 18.7. The van der Waals surface area contributed by atoms with Gasteiger partial charge in [-0.15, -0.1) is 0 Å². The van der Waals surface area contributed by atoms with E-state index >= 15 is 0 Å². The first kappa shape index (κ1) is 33.2. The molecule has 2 rings (SSSR count). The average molecular weight is 539 g/mol. The van der Waals surface area contributed by atoms with Crippen LogP contribution in [-0.4, -0.2) is 62.3 Å². The Morgan fingerprint density at radius 3 is 1.10 bits per heavy atom. The minimum Gasteiger partial charge on any atom is -0.491 e. The Kier molecular flexibility index (Phi) is 15.6. The summed E-state index contributed by atoms with van der Waals surface area (Å²) in [6.07, 6.45) is 12.1. The standard InChI is InChI=1S/C35H58N2O2/c1-28-20-18-21-29(2)34(28)38-26-32(5)36(7)24-16-14-12-10-9-11-13-15-17-25-37(8)33(6)27-39-35-30(3)22-19-23-31(35)4/h18-23,32-33H,9-17,24-27H2,1-8H3. The Hall–Kier alpha value is -2.04. The average Bonchev–Trinajstić information content (AvgIpc) is 2.90. The first-order valence-corrected chi connectivity index (χ1v) is 15.5. The number of aryl methyl sites for hydroxylation is 4. The van der Waals surface area contributed by atoms with E-state index in [-0.39, 0.29) is 0 Å². The van der Waals surface area contributed by atoms with Crippen molar-refractivity contribution in [1.82, 2.24) is 9.80 Å². The molecule has 220 valence electrons. The van der Waals surface area contributed by atoms with E-state index in [1.54, 1.807) is 0 Å². The number of hydrogen-bond acceptors (Lipinski definition) is 4. The number of rotatable bonds is 20. The third kappa shape index (κ3) is 12.3. The van der Waals surface area contributed by atoms with Gasteiger partial charge < -0.3 is 19.3 Å². The van der Waals surface area contributed by atoms with Crippen LogP contribution in [0.15, 0.2) is 36.4 Å². The normalized spacial score (nSPS) is 13.2. The summed E-state index contributed by atoms with van der Waals surface area (Å²) >= 11 is 0. The van der Waals surface area contributed by atoms with Gasteiger partial charge in [0, 0.05) is 12.1 Å². The van der Waals surface area contributed by atoms with Gasteiger partial charge in [-0.1, -0.05) is 81.3 Å². The van der Waals surface area contributed by atoms with Crippen LogP contribution in [0.3, 0.4) is 0 Å². The zero-order valence-electron chi connectivity index (χ0n) is 26.5. The number of hydrogen-bond donors (Lipinski definition) is 0. The molecule has 0 heterocycles.